The van der Waals surface area contributed by atoms with Gasteiger partial charge in [-0.05, 0) is 12.8 Å². The Balaban J connectivity index is 4.19. The zero-order chi connectivity index (χ0) is 44.3. The van der Waals surface area contributed by atoms with Crippen molar-refractivity contribution in [3.05, 3.63) is 0 Å². The molecule has 0 saturated carbocycles. The van der Waals surface area contributed by atoms with Crippen LogP contribution in [0.5, 0.6) is 0 Å². The van der Waals surface area contributed by atoms with Crippen molar-refractivity contribution in [1.29, 1.82) is 0 Å². The van der Waals surface area contributed by atoms with Crippen molar-refractivity contribution in [2.75, 3.05) is 40.9 Å². The molecule has 0 aliphatic rings. The van der Waals surface area contributed by atoms with Crippen LogP contribution < -0.4 is 10.2 Å². The van der Waals surface area contributed by atoms with Crippen molar-refractivity contribution in [2.45, 2.75) is 283 Å². The maximum Gasteiger partial charge on any atom is 0.268 e. The van der Waals surface area contributed by atoms with Crippen LogP contribution in [-0.4, -0.2) is 68.5 Å². The third kappa shape index (κ3) is 45.5. The van der Waals surface area contributed by atoms with Gasteiger partial charge in [-0.25, -0.2) is 0 Å². The fraction of sp³-hybridized carbons (Fsp3) is 0.980. The number of rotatable bonds is 49. The number of aliphatic hydroxyl groups excluding tert-OH is 1. The van der Waals surface area contributed by atoms with Crippen LogP contribution in [0.4, 0.5) is 0 Å². The van der Waals surface area contributed by atoms with Crippen molar-refractivity contribution >= 4 is 13.7 Å². The van der Waals surface area contributed by atoms with Gasteiger partial charge in [0.25, 0.3) is 7.82 Å². The minimum Gasteiger partial charge on any atom is -0.756 e. The van der Waals surface area contributed by atoms with Crippen molar-refractivity contribution in [1.82, 2.24) is 5.32 Å². The molecule has 60 heavy (non-hydrogen) atoms. The molecule has 360 valence electrons. The third-order valence-corrected chi connectivity index (χ3v) is 13.3. The number of quaternary nitrogens is 1. The normalized spacial score (nSPS) is 14.1. The summed E-state index contributed by atoms with van der Waals surface area (Å²) < 4.78 is 23.4. The Morgan fingerprint density at radius 3 is 1.13 bits per heavy atom. The fourth-order valence-electron chi connectivity index (χ4n) is 8.16. The average Bonchev–Trinajstić information content (AvgIpc) is 3.20. The quantitative estimate of drug-likeness (QED) is 0.0358. The summed E-state index contributed by atoms with van der Waals surface area (Å²) >= 11 is 0. The summed E-state index contributed by atoms with van der Waals surface area (Å²) in [6.07, 6.45) is 49.7. The number of likely N-dealkylation sites (N-methyl/N-ethyl adjacent to an activating group) is 1. The zero-order valence-corrected chi connectivity index (χ0v) is 41.8. The van der Waals surface area contributed by atoms with Crippen molar-refractivity contribution in [3.8, 4) is 0 Å². The molecular weight excluding hydrogens is 768 g/mol. The highest BCUT2D eigenvalue weighted by atomic mass is 31.2. The summed E-state index contributed by atoms with van der Waals surface area (Å²) in [5.41, 5.74) is 0. The number of phosphoric ester groups is 1. The molecule has 1 amide bonds. The van der Waals surface area contributed by atoms with Gasteiger partial charge in [-0.1, -0.05) is 251 Å². The van der Waals surface area contributed by atoms with E-state index in [-0.39, 0.29) is 19.1 Å². The van der Waals surface area contributed by atoms with E-state index < -0.39 is 20.0 Å². The van der Waals surface area contributed by atoms with Gasteiger partial charge in [-0.3, -0.25) is 9.36 Å². The van der Waals surface area contributed by atoms with E-state index in [1.54, 1.807) is 0 Å². The van der Waals surface area contributed by atoms with Crippen LogP contribution in [-0.2, 0) is 18.4 Å². The lowest BCUT2D eigenvalue weighted by Crippen LogP contribution is -2.46. The first-order chi connectivity index (χ1) is 29.0. The number of carbonyl (C=O) groups is 1. The molecule has 0 radical (unpaired) electrons. The Morgan fingerprint density at radius 1 is 0.517 bits per heavy atom. The summed E-state index contributed by atoms with van der Waals surface area (Å²) in [5.74, 6) is -0.158. The average molecular weight is 873 g/mol. The van der Waals surface area contributed by atoms with Crippen LogP contribution in [0.2, 0.25) is 0 Å². The van der Waals surface area contributed by atoms with Crippen LogP contribution in [0.25, 0.3) is 0 Å². The highest BCUT2D eigenvalue weighted by Crippen LogP contribution is 2.38. The van der Waals surface area contributed by atoms with Gasteiger partial charge in [0.05, 0.1) is 39.9 Å². The minimum atomic E-state index is -4.56. The van der Waals surface area contributed by atoms with Crippen molar-refractivity contribution in [2.24, 2.45) is 0 Å². The number of nitrogens with one attached hydrogen (secondary N) is 1. The SMILES string of the molecule is CCCCCCCCCCCCCCCCCCCCCCCC(=O)NC(COP(=O)([O-])OCC[N+](C)(C)C)C(O)CCCCCCCCCCCCCCCCCCC. The number of nitrogens with zero attached hydrogens (tertiary/aromatic N) is 1. The lowest BCUT2D eigenvalue weighted by Gasteiger charge is -2.30. The second-order valence-electron chi connectivity index (χ2n) is 19.6. The number of hydrogen-bond donors (Lipinski definition) is 2. The van der Waals surface area contributed by atoms with Crippen LogP contribution in [0.15, 0.2) is 0 Å². The van der Waals surface area contributed by atoms with E-state index >= 15 is 0 Å². The second-order valence-corrected chi connectivity index (χ2v) is 21.0. The molecule has 3 unspecified atom stereocenters. The molecule has 0 aliphatic heterocycles. The Bertz CT molecular complexity index is 947. The molecule has 0 aromatic rings. The molecule has 0 aromatic heterocycles. The molecule has 8 nitrogen and oxygen atoms in total. The maximum absolute atomic E-state index is 12.9. The van der Waals surface area contributed by atoms with Gasteiger partial charge < -0.3 is 28.8 Å². The van der Waals surface area contributed by atoms with Gasteiger partial charge in [0.15, 0.2) is 0 Å². The van der Waals surface area contributed by atoms with Gasteiger partial charge in [0.2, 0.25) is 5.91 Å². The standard InChI is InChI=1S/C51H105N2O6P/c1-6-8-10-12-14-16-18-20-22-24-25-26-27-29-31-33-35-37-39-41-43-45-51(55)52-49(48-59-60(56,57)58-47-46-53(3,4)5)50(54)44-42-40-38-36-34-32-30-28-23-21-19-17-15-13-11-9-7-2/h49-50,54H,6-48H2,1-5H3,(H-,52,55,56,57). The van der Waals surface area contributed by atoms with Crippen LogP contribution in [0, 0.1) is 0 Å². The molecule has 0 saturated heterocycles. The van der Waals surface area contributed by atoms with Crippen LogP contribution >= 0.6 is 7.82 Å². The molecule has 0 rings (SSSR count). The smallest absolute Gasteiger partial charge is 0.268 e. The molecule has 9 heteroatoms. The van der Waals surface area contributed by atoms with Crippen LogP contribution in [0.1, 0.15) is 271 Å². The Morgan fingerprint density at radius 2 is 0.817 bits per heavy atom. The highest BCUT2D eigenvalue weighted by molar-refractivity contribution is 7.45. The first-order valence-corrected chi connectivity index (χ1v) is 27.8. The largest absolute Gasteiger partial charge is 0.756 e. The molecule has 2 N–H and O–H groups in total. The lowest BCUT2D eigenvalue weighted by atomic mass is 10.0. The van der Waals surface area contributed by atoms with Gasteiger partial charge in [0.1, 0.15) is 13.2 Å². The van der Waals surface area contributed by atoms with Crippen LogP contribution in [0.3, 0.4) is 0 Å². The number of hydrogen-bond acceptors (Lipinski definition) is 6. The molecule has 0 bridgehead atoms. The summed E-state index contributed by atoms with van der Waals surface area (Å²) in [6, 6.07) is -0.794. The van der Waals surface area contributed by atoms with E-state index in [9.17, 15) is 19.4 Å². The van der Waals surface area contributed by atoms with Crippen molar-refractivity contribution < 1.29 is 32.9 Å². The van der Waals surface area contributed by atoms with E-state index in [1.807, 2.05) is 21.1 Å². The first kappa shape index (κ1) is 59.5. The summed E-state index contributed by atoms with van der Waals surface area (Å²) in [7, 11) is 1.32. The van der Waals surface area contributed by atoms with Gasteiger partial charge in [-0.15, -0.1) is 0 Å². The number of aliphatic hydroxyl groups is 1. The Labute approximate surface area is 374 Å². The Hall–Kier alpha value is -0.500. The highest BCUT2D eigenvalue weighted by Gasteiger charge is 2.24. The van der Waals surface area contributed by atoms with E-state index in [4.69, 9.17) is 9.05 Å². The van der Waals surface area contributed by atoms with E-state index in [1.165, 1.54) is 205 Å². The summed E-state index contributed by atoms with van der Waals surface area (Å²) in [5, 5.41) is 14.0. The molecule has 0 aliphatic carbocycles. The van der Waals surface area contributed by atoms with Gasteiger partial charge >= 0.3 is 0 Å². The maximum atomic E-state index is 12.9. The molecule has 0 heterocycles. The minimum absolute atomic E-state index is 0.0165. The predicted octanol–water partition coefficient (Wildman–Crippen LogP) is 14.7. The molecule has 3 atom stereocenters. The monoisotopic (exact) mass is 873 g/mol. The number of phosphoric acid groups is 1. The Kier molecular flexibility index (Phi) is 43.4. The summed E-state index contributed by atoms with van der Waals surface area (Å²) in [4.78, 5) is 25.5. The van der Waals surface area contributed by atoms with E-state index in [0.29, 0.717) is 23.9 Å². The van der Waals surface area contributed by atoms with E-state index in [2.05, 4.69) is 19.2 Å². The van der Waals surface area contributed by atoms with Gasteiger partial charge in [0, 0.05) is 6.42 Å². The zero-order valence-electron chi connectivity index (χ0n) is 40.9. The number of carbonyl (C=O) groups excluding carboxylic acids is 1. The topological polar surface area (TPSA) is 108 Å². The molecular formula is C51H105N2O6P. The first-order valence-electron chi connectivity index (χ1n) is 26.4. The lowest BCUT2D eigenvalue weighted by molar-refractivity contribution is -0.870. The van der Waals surface area contributed by atoms with Gasteiger partial charge in [-0.2, -0.15) is 0 Å². The molecule has 0 aromatic carbocycles. The fourth-order valence-corrected chi connectivity index (χ4v) is 8.88. The third-order valence-electron chi connectivity index (χ3n) is 12.3. The molecule has 0 fully saturated rings. The second kappa shape index (κ2) is 43.7. The predicted molar refractivity (Wildman–Crippen MR) is 256 cm³/mol. The molecule has 0 spiro atoms. The number of unbranched alkanes of at least 4 members (excludes halogenated alkanes) is 36. The van der Waals surface area contributed by atoms with E-state index in [0.717, 1.165) is 38.5 Å². The number of amides is 1. The summed E-state index contributed by atoms with van der Waals surface area (Å²) in [6.45, 7) is 4.77. The van der Waals surface area contributed by atoms with Crippen molar-refractivity contribution in [3.63, 3.8) is 0 Å².